The van der Waals surface area contributed by atoms with Gasteiger partial charge in [0.1, 0.15) is 5.76 Å². The highest BCUT2D eigenvalue weighted by molar-refractivity contribution is 5.92. The zero-order valence-electron chi connectivity index (χ0n) is 12.3. The fourth-order valence-electron chi connectivity index (χ4n) is 2.49. The predicted octanol–water partition coefficient (Wildman–Crippen LogP) is 4.65. The molecule has 1 aliphatic rings. The zero-order chi connectivity index (χ0) is 13.8. The van der Waals surface area contributed by atoms with Gasteiger partial charge in [0.15, 0.2) is 5.78 Å². The lowest BCUT2D eigenvalue weighted by atomic mass is 9.83. The SMILES string of the molecule is CCCC(CC)C(=O)C=C(O)C(C)(C)CC1CC1. The molecule has 0 saturated heterocycles. The van der Waals surface area contributed by atoms with Gasteiger partial charge in [-0.3, -0.25) is 4.79 Å². The fourth-order valence-corrected chi connectivity index (χ4v) is 2.49. The van der Waals surface area contributed by atoms with Crippen molar-refractivity contribution in [3.63, 3.8) is 0 Å². The second-order valence-corrected chi connectivity index (χ2v) is 6.36. The van der Waals surface area contributed by atoms with E-state index in [9.17, 15) is 9.90 Å². The average Bonchev–Trinajstić information content (AvgIpc) is 3.08. The molecule has 0 radical (unpaired) electrons. The second-order valence-electron chi connectivity index (χ2n) is 6.36. The summed E-state index contributed by atoms with van der Waals surface area (Å²) in [6, 6.07) is 0. The Morgan fingerprint density at radius 1 is 1.39 bits per heavy atom. The number of aliphatic hydroxyl groups excluding tert-OH is 1. The largest absolute Gasteiger partial charge is 0.512 e. The molecule has 1 saturated carbocycles. The van der Waals surface area contributed by atoms with Crippen molar-refractivity contribution in [2.75, 3.05) is 0 Å². The Balaban J connectivity index is 2.64. The highest BCUT2D eigenvalue weighted by Crippen LogP contribution is 2.42. The number of allylic oxidation sites excluding steroid dienone is 2. The third-order valence-electron chi connectivity index (χ3n) is 4.00. The van der Waals surface area contributed by atoms with Crippen LogP contribution in [-0.2, 0) is 4.79 Å². The van der Waals surface area contributed by atoms with Crippen LogP contribution in [0.2, 0.25) is 0 Å². The molecule has 104 valence electrons. The Kier molecular flexibility index (Phi) is 5.43. The second kappa shape index (κ2) is 6.40. The molecule has 1 unspecified atom stereocenters. The number of rotatable bonds is 8. The molecule has 0 aromatic carbocycles. The molecule has 1 atom stereocenters. The van der Waals surface area contributed by atoms with Gasteiger partial charge in [-0.05, 0) is 25.2 Å². The van der Waals surface area contributed by atoms with Gasteiger partial charge >= 0.3 is 0 Å². The Morgan fingerprint density at radius 2 is 2.00 bits per heavy atom. The van der Waals surface area contributed by atoms with Gasteiger partial charge < -0.3 is 5.11 Å². The molecule has 0 bridgehead atoms. The van der Waals surface area contributed by atoms with E-state index in [2.05, 4.69) is 6.92 Å². The molecular formula is C16H28O2. The first-order valence-corrected chi connectivity index (χ1v) is 7.35. The van der Waals surface area contributed by atoms with Crippen molar-refractivity contribution in [2.24, 2.45) is 17.3 Å². The third-order valence-corrected chi connectivity index (χ3v) is 4.00. The predicted molar refractivity (Wildman–Crippen MR) is 75.5 cm³/mol. The molecule has 1 N–H and O–H groups in total. The Morgan fingerprint density at radius 3 is 2.44 bits per heavy atom. The van der Waals surface area contributed by atoms with Gasteiger partial charge in [-0.25, -0.2) is 0 Å². The molecule has 0 aromatic heterocycles. The molecule has 1 rings (SSSR count). The summed E-state index contributed by atoms with van der Waals surface area (Å²) in [5.74, 6) is 1.20. The van der Waals surface area contributed by atoms with Gasteiger partial charge in [0.05, 0.1) is 0 Å². The van der Waals surface area contributed by atoms with Crippen LogP contribution in [0.25, 0.3) is 0 Å². The molecule has 0 heterocycles. The van der Waals surface area contributed by atoms with E-state index in [1.165, 1.54) is 18.9 Å². The van der Waals surface area contributed by atoms with Crippen LogP contribution in [0.1, 0.15) is 66.2 Å². The maximum Gasteiger partial charge on any atom is 0.162 e. The van der Waals surface area contributed by atoms with Gasteiger partial charge in [-0.15, -0.1) is 0 Å². The van der Waals surface area contributed by atoms with Crippen LogP contribution in [0.3, 0.4) is 0 Å². The summed E-state index contributed by atoms with van der Waals surface area (Å²) in [7, 11) is 0. The summed E-state index contributed by atoms with van der Waals surface area (Å²) in [4.78, 5) is 12.1. The maximum atomic E-state index is 12.1. The van der Waals surface area contributed by atoms with E-state index in [0.29, 0.717) is 0 Å². The standard InChI is InChI=1S/C16H28O2/c1-5-7-13(6-2)14(17)10-15(18)16(3,4)11-12-8-9-12/h10,12-13,18H,5-9,11H2,1-4H3. The van der Waals surface area contributed by atoms with Crippen molar-refractivity contribution < 1.29 is 9.90 Å². The van der Waals surface area contributed by atoms with E-state index in [4.69, 9.17) is 0 Å². The average molecular weight is 252 g/mol. The summed E-state index contributed by atoms with van der Waals surface area (Å²) < 4.78 is 0. The number of aliphatic hydroxyl groups is 1. The van der Waals surface area contributed by atoms with Crippen LogP contribution in [-0.4, -0.2) is 10.9 Å². The van der Waals surface area contributed by atoms with Crippen LogP contribution in [0.4, 0.5) is 0 Å². The van der Waals surface area contributed by atoms with Gasteiger partial charge in [-0.2, -0.15) is 0 Å². The lowest BCUT2D eigenvalue weighted by Gasteiger charge is -2.24. The topological polar surface area (TPSA) is 37.3 Å². The number of hydrogen-bond acceptors (Lipinski definition) is 2. The molecule has 1 fully saturated rings. The summed E-state index contributed by atoms with van der Waals surface area (Å²) in [6.07, 6.45) is 7.83. The van der Waals surface area contributed by atoms with E-state index in [-0.39, 0.29) is 22.9 Å². The Labute approximate surface area is 111 Å². The first-order valence-electron chi connectivity index (χ1n) is 7.35. The highest BCUT2D eigenvalue weighted by atomic mass is 16.3. The molecule has 0 spiro atoms. The number of ketones is 1. The number of carbonyl (C=O) groups excluding carboxylic acids is 1. The molecule has 2 nitrogen and oxygen atoms in total. The first-order chi connectivity index (χ1) is 8.40. The molecule has 0 aliphatic heterocycles. The lowest BCUT2D eigenvalue weighted by Crippen LogP contribution is -2.19. The van der Waals surface area contributed by atoms with E-state index in [1.807, 2.05) is 20.8 Å². The minimum atomic E-state index is -0.249. The molecule has 0 amide bonds. The summed E-state index contributed by atoms with van der Waals surface area (Å²) in [5, 5.41) is 10.2. The van der Waals surface area contributed by atoms with E-state index < -0.39 is 0 Å². The highest BCUT2D eigenvalue weighted by Gasteiger charge is 2.33. The van der Waals surface area contributed by atoms with Crippen LogP contribution < -0.4 is 0 Å². The normalized spacial score (nSPS) is 18.8. The number of carbonyl (C=O) groups is 1. The summed E-state index contributed by atoms with van der Waals surface area (Å²) in [5.41, 5.74) is -0.249. The van der Waals surface area contributed by atoms with E-state index in [0.717, 1.165) is 31.6 Å². The van der Waals surface area contributed by atoms with Crippen LogP contribution >= 0.6 is 0 Å². The minimum absolute atomic E-state index is 0.0777. The van der Waals surface area contributed by atoms with Crippen LogP contribution in [0.5, 0.6) is 0 Å². The monoisotopic (exact) mass is 252 g/mol. The van der Waals surface area contributed by atoms with Crippen molar-refractivity contribution >= 4 is 5.78 Å². The smallest absolute Gasteiger partial charge is 0.162 e. The van der Waals surface area contributed by atoms with Gasteiger partial charge in [0.2, 0.25) is 0 Å². The van der Waals surface area contributed by atoms with Crippen molar-refractivity contribution in [3.8, 4) is 0 Å². The van der Waals surface area contributed by atoms with Crippen molar-refractivity contribution in [1.29, 1.82) is 0 Å². The van der Waals surface area contributed by atoms with Crippen molar-refractivity contribution in [2.45, 2.75) is 66.2 Å². The summed E-state index contributed by atoms with van der Waals surface area (Å²) >= 11 is 0. The van der Waals surface area contributed by atoms with Gasteiger partial charge in [0, 0.05) is 17.4 Å². The molecule has 1 aliphatic carbocycles. The van der Waals surface area contributed by atoms with Gasteiger partial charge in [-0.1, -0.05) is 47.0 Å². The van der Waals surface area contributed by atoms with E-state index in [1.54, 1.807) is 0 Å². The molecule has 2 heteroatoms. The Hall–Kier alpha value is -0.790. The maximum absolute atomic E-state index is 12.1. The van der Waals surface area contributed by atoms with Crippen LogP contribution in [0, 0.1) is 17.3 Å². The molecule has 18 heavy (non-hydrogen) atoms. The first kappa shape index (κ1) is 15.3. The van der Waals surface area contributed by atoms with Crippen molar-refractivity contribution in [3.05, 3.63) is 11.8 Å². The molecule has 0 aromatic rings. The van der Waals surface area contributed by atoms with Crippen molar-refractivity contribution in [1.82, 2.24) is 0 Å². The molecular weight excluding hydrogens is 224 g/mol. The quantitative estimate of drug-likeness (QED) is 0.504. The summed E-state index contributed by atoms with van der Waals surface area (Å²) in [6.45, 7) is 8.20. The number of hydrogen-bond donors (Lipinski definition) is 1. The van der Waals surface area contributed by atoms with E-state index >= 15 is 0 Å². The lowest BCUT2D eigenvalue weighted by molar-refractivity contribution is -0.118. The fraction of sp³-hybridized carbons (Fsp3) is 0.812. The third kappa shape index (κ3) is 4.47. The Bertz CT molecular complexity index is 311. The van der Waals surface area contributed by atoms with Crippen LogP contribution in [0.15, 0.2) is 11.8 Å². The zero-order valence-corrected chi connectivity index (χ0v) is 12.3. The minimum Gasteiger partial charge on any atom is -0.512 e. The van der Waals surface area contributed by atoms with Gasteiger partial charge in [0.25, 0.3) is 0 Å².